The Morgan fingerprint density at radius 1 is 0.900 bits per heavy atom. The molecule has 1 saturated heterocycles. The number of benzene rings is 2. The molecule has 0 amide bonds. The van der Waals surface area contributed by atoms with E-state index in [2.05, 4.69) is 95.0 Å². The summed E-state index contributed by atoms with van der Waals surface area (Å²) >= 11 is 0. The lowest BCUT2D eigenvalue weighted by molar-refractivity contribution is 0.160. The Morgan fingerprint density at radius 2 is 1.60 bits per heavy atom. The van der Waals surface area contributed by atoms with Crippen LogP contribution in [0, 0.1) is 5.92 Å². The summed E-state index contributed by atoms with van der Waals surface area (Å²) in [5.41, 5.74) is 2.77. The number of allylic oxidation sites excluding steroid dienone is 3. The van der Waals surface area contributed by atoms with E-state index in [4.69, 9.17) is 0 Å². The molecule has 1 aliphatic heterocycles. The fourth-order valence-corrected chi connectivity index (χ4v) is 8.07. The van der Waals surface area contributed by atoms with Crippen molar-refractivity contribution in [3.63, 3.8) is 0 Å². The van der Waals surface area contributed by atoms with Crippen molar-refractivity contribution in [3.05, 3.63) is 96.1 Å². The highest BCUT2D eigenvalue weighted by Crippen LogP contribution is 2.59. The minimum Gasteiger partial charge on any atom is -0.309 e. The molecule has 0 spiro atoms. The fraction of sp³-hybridized carbons (Fsp3) is 0.385. The van der Waals surface area contributed by atoms with Crippen molar-refractivity contribution in [1.82, 2.24) is 9.99 Å². The van der Waals surface area contributed by atoms with Gasteiger partial charge in [0.05, 0.1) is 0 Å². The van der Waals surface area contributed by atoms with Gasteiger partial charge in [0.1, 0.15) is 7.95 Å². The number of hydrogen-bond donors (Lipinski definition) is 1. The maximum Gasteiger partial charge on any atom is 0.146 e. The molecule has 1 N–H and O–H groups in total. The van der Waals surface area contributed by atoms with E-state index in [1.54, 1.807) is 0 Å². The largest absolute Gasteiger partial charge is 0.309 e. The van der Waals surface area contributed by atoms with E-state index in [0.717, 1.165) is 19.4 Å². The monoisotopic (exact) mass is 418 g/mol. The summed E-state index contributed by atoms with van der Waals surface area (Å²) in [6.45, 7) is 0.874. The standard InChI is InChI=1S/C26H31N2OP/c29-30-25-18-10-7-15-22(25)26(21-13-5-2-6-14-21)28(30)24-17-9-8-16-23(24)27-19-20-11-3-1-4-12-20/h1-7,10-15,18,22-27,30H,8-9,16-17,19H2/t22-,23-,24-,25?,26+/m0/s1. The van der Waals surface area contributed by atoms with Crippen molar-refractivity contribution in [2.45, 2.75) is 56.0 Å². The van der Waals surface area contributed by atoms with Gasteiger partial charge in [0.2, 0.25) is 0 Å². The molecular formula is C26H31N2OP. The molecule has 2 aromatic carbocycles. The van der Waals surface area contributed by atoms with Gasteiger partial charge >= 0.3 is 0 Å². The van der Waals surface area contributed by atoms with Crippen LogP contribution in [0.25, 0.3) is 0 Å². The molecule has 156 valence electrons. The van der Waals surface area contributed by atoms with Crippen molar-refractivity contribution in [2.24, 2.45) is 5.92 Å². The summed E-state index contributed by atoms with van der Waals surface area (Å²) < 4.78 is 16.3. The Morgan fingerprint density at radius 3 is 2.40 bits per heavy atom. The van der Waals surface area contributed by atoms with Crippen molar-refractivity contribution < 1.29 is 4.57 Å². The van der Waals surface area contributed by atoms with Crippen LogP contribution in [0.1, 0.15) is 42.9 Å². The molecular weight excluding hydrogens is 387 g/mol. The van der Waals surface area contributed by atoms with Gasteiger partial charge in [-0.05, 0) is 24.0 Å². The number of nitrogens with one attached hydrogen (secondary N) is 1. The molecule has 1 saturated carbocycles. The van der Waals surface area contributed by atoms with E-state index in [1.807, 2.05) is 0 Å². The zero-order valence-corrected chi connectivity index (χ0v) is 18.4. The Balaban J connectivity index is 1.44. The molecule has 6 atom stereocenters. The van der Waals surface area contributed by atoms with Gasteiger partial charge in [-0.25, -0.2) is 4.67 Å². The second-order valence-electron chi connectivity index (χ2n) is 8.80. The molecule has 2 aromatic rings. The molecule has 4 heteroatoms. The van der Waals surface area contributed by atoms with Gasteiger partial charge in [-0.15, -0.1) is 0 Å². The maximum atomic E-state index is 13.8. The first-order valence-corrected chi connectivity index (χ1v) is 12.8. The van der Waals surface area contributed by atoms with Gasteiger partial charge in [0.25, 0.3) is 0 Å². The zero-order chi connectivity index (χ0) is 20.3. The van der Waals surface area contributed by atoms with Gasteiger partial charge in [-0.2, -0.15) is 0 Å². The summed E-state index contributed by atoms with van der Waals surface area (Å²) in [5.74, 6) is 0.306. The van der Waals surface area contributed by atoms with Crippen LogP contribution in [-0.4, -0.2) is 22.4 Å². The summed E-state index contributed by atoms with van der Waals surface area (Å²) in [4.78, 5) is 0. The summed E-state index contributed by atoms with van der Waals surface area (Å²) in [6.07, 6.45) is 13.5. The number of rotatable bonds is 5. The van der Waals surface area contributed by atoms with Crippen LogP contribution in [0.2, 0.25) is 0 Å². The van der Waals surface area contributed by atoms with E-state index in [-0.39, 0.29) is 11.7 Å². The van der Waals surface area contributed by atoms with Crippen LogP contribution >= 0.6 is 7.95 Å². The van der Waals surface area contributed by atoms with E-state index in [9.17, 15) is 4.57 Å². The van der Waals surface area contributed by atoms with Gasteiger partial charge in [-0.1, -0.05) is 97.8 Å². The first kappa shape index (κ1) is 20.0. The van der Waals surface area contributed by atoms with Crippen LogP contribution in [0.3, 0.4) is 0 Å². The average Bonchev–Trinajstić information content (AvgIpc) is 3.11. The van der Waals surface area contributed by atoms with Gasteiger partial charge in [0, 0.05) is 36.2 Å². The lowest BCUT2D eigenvalue weighted by Gasteiger charge is -2.41. The highest BCUT2D eigenvalue weighted by atomic mass is 31.1. The summed E-state index contributed by atoms with van der Waals surface area (Å²) in [7, 11) is -1.90. The van der Waals surface area contributed by atoms with Crippen LogP contribution in [0.5, 0.6) is 0 Å². The molecule has 0 bridgehead atoms. The maximum absolute atomic E-state index is 13.8. The zero-order valence-electron chi connectivity index (χ0n) is 17.4. The van der Waals surface area contributed by atoms with Gasteiger partial charge < -0.3 is 9.88 Å². The number of nitrogens with zero attached hydrogens (tertiary/aromatic N) is 1. The Kier molecular flexibility index (Phi) is 6.04. The second-order valence-corrected chi connectivity index (χ2v) is 10.7. The Bertz CT molecular complexity index is 927. The van der Waals surface area contributed by atoms with Crippen LogP contribution in [0.15, 0.2) is 85.0 Å². The predicted octanol–water partition coefficient (Wildman–Crippen LogP) is 5.73. The van der Waals surface area contributed by atoms with E-state index < -0.39 is 7.95 Å². The van der Waals surface area contributed by atoms with E-state index in [1.165, 1.54) is 24.0 Å². The molecule has 2 unspecified atom stereocenters. The lowest BCUT2D eigenvalue weighted by atomic mass is 9.84. The van der Waals surface area contributed by atoms with E-state index >= 15 is 0 Å². The Hall–Kier alpha value is -1.93. The molecule has 0 radical (unpaired) electrons. The number of hydrogen-bond acceptors (Lipinski definition) is 2. The molecule has 0 aromatic heterocycles. The van der Waals surface area contributed by atoms with Crippen LogP contribution in [0.4, 0.5) is 0 Å². The predicted molar refractivity (Wildman–Crippen MR) is 125 cm³/mol. The first-order valence-electron chi connectivity index (χ1n) is 11.3. The van der Waals surface area contributed by atoms with Crippen molar-refractivity contribution in [1.29, 1.82) is 0 Å². The topological polar surface area (TPSA) is 32.3 Å². The minimum atomic E-state index is -1.90. The van der Waals surface area contributed by atoms with Gasteiger partial charge in [-0.3, -0.25) is 0 Å². The van der Waals surface area contributed by atoms with Crippen molar-refractivity contribution in [3.8, 4) is 0 Å². The molecule has 1 heterocycles. The average molecular weight is 419 g/mol. The first-order chi connectivity index (χ1) is 14.8. The smallest absolute Gasteiger partial charge is 0.146 e. The second kappa shape index (κ2) is 9.06. The lowest BCUT2D eigenvalue weighted by Crippen LogP contribution is -2.49. The summed E-state index contributed by atoms with van der Waals surface area (Å²) in [6, 6.07) is 22.3. The molecule has 30 heavy (non-hydrogen) atoms. The summed E-state index contributed by atoms with van der Waals surface area (Å²) in [5, 5.41) is 3.84. The van der Waals surface area contributed by atoms with Gasteiger partial charge in [0.15, 0.2) is 0 Å². The molecule has 2 fully saturated rings. The third kappa shape index (κ3) is 3.87. The molecule has 3 nitrogen and oxygen atoms in total. The van der Waals surface area contributed by atoms with E-state index in [0.29, 0.717) is 18.0 Å². The Labute approximate surface area is 180 Å². The van der Waals surface area contributed by atoms with Crippen molar-refractivity contribution in [2.75, 3.05) is 0 Å². The quantitative estimate of drug-likeness (QED) is 0.630. The highest BCUT2D eigenvalue weighted by Gasteiger charge is 2.50. The molecule has 5 rings (SSSR count). The molecule has 2 aliphatic carbocycles. The van der Waals surface area contributed by atoms with Crippen LogP contribution in [-0.2, 0) is 11.1 Å². The van der Waals surface area contributed by atoms with Crippen LogP contribution < -0.4 is 5.32 Å². The minimum absolute atomic E-state index is 0.155. The number of fused-ring (bicyclic) bond motifs is 1. The van der Waals surface area contributed by atoms with Crippen molar-refractivity contribution >= 4 is 7.95 Å². The normalized spacial score (nSPS) is 33.5. The molecule has 3 aliphatic rings. The third-order valence-corrected chi connectivity index (χ3v) is 9.29. The highest BCUT2D eigenvalue weighted by molar-refractivity contribution is 7.43. The third-order valence-electron chi connectivity index (χ3n) is 7.02. The fourth-order valence-electron chi connectivity index (χ4n) is 5.60. The SMILES string of the molecule is O=[PH]1C2C=CC=C[C@@H]2[C@@H](c2ccccc2)N1[C@H]1CCCC[C@@H]1NCc1ccccc1.